The fourth-order valence-corrected chi connectivity index (χ4v) is 4.36. The fraction of sp³-hybridized carbons (Fsp3) is 0.355. The number of benzene rings is 3. The van der Waals surface area contributed by atoms with Crippen molar-refractivity contribution in [2.24, 2.45) is 17.6 Å². The number of nitrogens with two attached hydrogens (primary N) is 1. The lowest BCUT2D eigenvalue weighted by molar-refractivity contribution is -0.119. The minimum absolute atomic E-state index is 0.221. The van der Waals surface area contributed by atoms with Crippen molar-refractivity contribution in [1.82, 2.24) is 5.32 Å². The molecular weight excluding hydrogens is 495 g/mol. The monoisotopic (exact) mass is 532 g/mol. The number of carbonyl (C=O) groups is 2. The van der Waals surface area contributed by atoms with E-state index < -0.39 is 18.0 Å². The van der Waals surface area contributed by atoms with Crippen molar-refractivity contribution < 1.29 is 18.7 Å². The molecule has 8 heteroatoms. The molecule has 7 nitrogen and oxygen atoms in total. The van der Waals surface area contributed by atoms with Crippen LogP contribution in [0.4, 0.5) is 15.8 Å². The Balaban J connectivity index is 1.46. The molecule has 2 amide bonds. The second kappa shape index (κ2) is 13.2. The number of nitrogens with one attached hydrogen (secondary N) is 3. The molecule has 0 radical (unpaired) electrons. The van der Waals surface area contributed by atoms with Crippen LogP contribution in [0.3, 0.4) is 0 Å². The summed E-state index contributed by atoms with van der Waals surface area (Å²) in [4.78, 5) is 26.3. The summed E-state index contributed by atoms with van der Waals surface area (Å²) < 4.78 is 19.1. The molecule has 0 aromatic heterocycles. The van der Waals surface area contributed by atoms with Gasteiger partial charge in [-0.15, -0.1) is 0 Å². The van der Waals surface area contributed by atoms with Crippen molar-refractivity contribution in [3.05, 3.63) is 89.7 Å². The molecule has 0 spiro atoms. The lowest BCUT2D eigenvalue weighted by Crippen LogP contribution is -2.50. The van der Waals surface area contributed by atoms with Crippen molar-refractivity contribution in [2.45, 2.75) is 44.7 Å². The van der Waals surface area contributed by atoms with Gasteiger partial charge < -0.3 is 26.4 Å². The summed E-state index contributed by atoms with van der Waals surface area (Å²) in [6.07, 6.45) is 3.21. The Labute approximate surface area is 229 Å². The van der Waals surface area contributed by atoms with Gasteiger partial charge in [0.2, 0.25) is 5.91 Å². The molecular formula is C31H37FN4O3. The van der Waals surface area contributed by atoms with E-state index in [2.05, 4.69) is 16.0 Å². The van der Waals surface area contributed by atoms with E-state index in [4.69, 9.17) is 10.5 Å². The quantitative estimate of drug-likeness (QED) is 0.248. The molecule has 0 bridgehead atoms. The lowest BCUT2D eigenvalue weighted by Gasteiger charge is -2.27. The van der Waals surface area contributed by atoms with Gasteiger partial charge in [0.1, 0.15) is 11.6 Å². The highest BCUT2D eigenvalue weighted by Crippen LogP contribution is 2.30. The molecule has 5 N–H and O–H groups in total. The van der Waals surface area contributed by atoms with Crippen molar-refractivity contribution >= 4 is 23.2 Å². The highest BCUT2D eigenvalue weighted by Gasteiger charge is 2.26. The Kier molecular flexibility index (Phi) is 9.54. The molecule has 3 aromatic rings. The number of rotatable bonds is 13. The first-order valence-electron chi connectivity index (χ1n) is 13.4. The molecule has 3 aromatic carbocycles. The molecule has 1 fully saturated rings. The summed E-state index contributed by atoms with van der Waals surface area (Å²) in [6, 6.07) is 19.9. The van der Waals surface area contributed by atoms with Crippen molar-refractivity contribution in [2.75, 3.05) is 24.3 Å². The molecule has 206 valence electrons. The van der Waals surface area contributed by atoms with Gasteiger partial charge in [0.15, 0.2) is 0 Å². The third-order valence-corrected chi connectivity index (χ3v) is 6.96. The van der Waals surface area contributed by atoms with E-state index in [1.807, 2.05) is 36.4 Å². The van der Waals surface area contributed by atoms with Gasteiger partial charge >= 0.3 is 0 Å². The van der Waals surface area contributed by atoms with Crippen LogP contribution in [0.1, 0.15) is 42.1 Å². The summed E-state index contributed by atoms with van der Waals surface area (Å²) in [6.45, 7) is 2.44. The second-order valence-corrected chi connectivity index (χ2v) is 10.3. The first-order chi connectivity index (χ1) is 18.8. The molecule has 1 aliphatic carbocycles. The van der Waals surface area contributed by atoms with Gasteiger partial charge in [-0.3, -0.25) is 9.59 Å². The van der Waals surface area contributed by atoms with Gasteiger partial charge in [0, 0.05) is 48.1 Å². The molecule has 0 saturated heterocycles. The first kappa shape index (κ1) is 28.1. The Morgan fingerprint density at radius 1 is 1.03 bits per heavy atom. The van der Waals surface area contributed by atoms with Crippen molar-refractivity contribution in [3.63, 3.8) is 0 Å². The number of anilines is 2. The Morgan fingerprint density at radius 2 is 1.74 bits per heavy atom. The topological polar surface area (TPSA) is 105 Å². The Hall–Kier alpha value is -3.91. The zero-order chi connectivity index (χ0) is 27.8. The van der Waals surface area contributed by atoms with Crippen LogP contribution in [0.2, 0.25) is 0 Å². The number of hydrogen-bond acceptors (Lipinski definition) is 5. The first-order valence-corrected chi connectivity index (χ1v) is 13.4. The van der Waals surface area contributed by atoms with E-state index in [0.717, 1.165) is 11.3 Å². The van der Waals surface area contributed by atoms with Crippen LogP contribution < -0.4 is 26.4 Å². The van der Waals surface area contributed by atoms with Crippen molar-refractivity contribution in [3.8, 4) is 5.75 Å². The zero-order valence-corrected chi connectivity index (χ0v) is 22.5. The van der Waals surface area contributed by atoms with E-state index >= 15 is 0 Å². The van der Waals surface area contributed by atoms with E-state index in [1.165, 1.54) is 37.1 Å². The number of hydrogen-bond donors (Lipinski definition) is 4. The summed E-state index contributed by atoms with van der Waals surface area (Å²) in [7, 11) is 1.80. The van der Waals surface area contributed by atoms with E-state index in [1.54, 1.807) is 26.1 Å². The van der Waals surface area contributed by atoms with Gasteiger partial charge in [0.25, 0.3) is 5.91 Å². The minimum Gasteiger partial charge on any atom is -0.493 e. The minimum atomic E-state index is -0.499. The van der Waals surface area contributed by atoms with Crippen LogP contribution in [0.25, 0.3) is 0 Å². The zero-order valence-electron chi connectivity index (χ0n) is 22.5. The van der Waals surface area contributed by atoms with E-state index in [-0.39, 0.29) is 17.6 Å². The average Bonchev–Trinajstić information content (AvgIpc) is 3.77. The van der Waals surface area contributed by atoms with Crippen molar-refractivity contribution in [1.29, 1.82) is 0 Å². The molecule has 39 heavy (non-hydrogen) atoms. The van der Waals surface area contributed by atoms with Gasteiger partial charge in [-0.05, 0) is 73.6 Å². The van der Waals surface area contributed by atoms with Gasteiger partial charge in [-0.1, -0.05) is 37.3 Å². The third kappa shape index (κ3) is 8.55. The van der Waals surface area contributed by atoms with Crippen LogP contribution in [0, 0.1) is 17.7 Å². The van der Waals surface area contributed by atoms with Gasteiger partial charge in [0.05, 0.1) is 6.61 Å². The summed E-state index contributed by atoms with van der Waals surface area (Å²) in [5.74, 6) is -0.0474. The summed E-state index contributed by atoms with van der Waals surface area (Å²) in [5.41, 5.74) is 9.43. The van der Waals surface area contributed by atoms with Gasteiger partial charge in [-0.25, -0.2) is 4.39 Å². The molecule has 4 rings (SSSR count). The SMILES string of the molecule is CNc1cc(OCC2CC2)cc(C(=O)N[C@@H](Cc2ccccc2)[C@@H](N)C[C@@H](C)C(=O)Nc2ccc(F)cc2)c1. The Bertz CT molecular complexity index is 1250. The average molecular weight is 533 g/mol. The predicted octanol–water partition coefficient (Wildman–Crippen LogP) is 4.99. The third-order valence-electron chi connectivity index (χ3n) is 6.96. The second-order valence-electron chi connectivity index (χ2n) is 10.3. The molecule has 1 aliphatic rings. The van der Waals surface area contributed by atoms with Crippen LogP contribution in [-0.2, 0) is 11.2 Å². The highest BCUT2D eigenvalue weighted by atomic mass is 19.1. The molecule has 0 heterocycles. The smallest absolute Gasteiger partial charge is 0.251 e. The van der Waals surface area contributed by atoms with E-state index in [0.29, 0.717) is 42.4 Å². The molecule has 3 atom stereocenters. The number of halogens is 1. The Morgan fingerprint density at radius 3 is 2.41 bits per heavy atom. The van der Waals surface area contributed by atoms with Crippen LogP contribution >= 0.6 is 0 Å². The maximum atomic E-state index is 13.4. The number of amides is 2. The van der Waals surface area contributed by atoms with Gasteiger partial charge in [-0.2, -0.15) is 0 Å². The summed E-state index contributed by atoms with van der Waals surface area (Å²) >= 11 is 0. The molecule has 0 aliphatic heterocycles. The van der Waals surface area contributed by atoms with E-state index in [9.17, 15) is 14.0 Å². The lowest BCUT2D eigenvalue weighted by atomic mass is 9.92. The number of ether oxygens (including phenoxy) is 1. The largest absolute Gasteiger partial charge is 0.493 e. The number of carbonyl (C=O) groups excluding carboxylic acids is 2. The van der Waals surface area contributed by atoms with Crippen LogP contribution in [-0.4, -0.2) is 37.6 Å². The van der Waals surface area contributed by atoms with Crippen LogP contribution in [0.5, 0.6) is 5.75 Å². The maximum Gasteiger partial charge on any atom is 0.251 e. The summed E-state index contributed by atoms with van der Waals surface area (Å²) in [5, 5.41) is 9.01. The van der Waals surface area contributed by atoms with Crippen LogP contribution in [0.15, 0.2) is 72.8 Å². The maximum absolute atomic E-state index is 13.4. The highest BCUT2D eigenvalue weighted by molar-refractivity contribution is 5.96. The molecule has 0 unspecified atom stereocenters. The normalized spacial score (nSPS) is 15.1. The molecule has 1 saturated carbocycles. The predicted molar refractivity (Wildman–Crippen MR) is 152 cm³/mol. The standard InChI is InChI=1S/C31H37FN4O3/c1-20(30(37)35-25-12-10-24(32)11-13-25)14-28(33)29(15-21-6-4-3-5-7-21)36-31(38)23-16-26(34-2)18-27(17-23)39-19-22-8-9-22/h3-7,10-13,16-18,20,22,28-29,34H,8-9,14-15,19,33H2,1-2H3,(H,35,37)(H,36,38)/t20-,28+,29+/m1/s1. The fourth-order valence-electron chi connectivity index (χ4n) is 4.36.